The quantitative estimate of drug-likeness (QED) is 0.879. The van der Waals surface area contributed by atoms with Crippen LogP contribution in [0, 0.1) is 0 Å². The second kappa shape index (κ2) is 5.46. The van der Waals surface area contributed by atoms with Crippen LogP contribution >= 0.6 is 43.2 Å². The average molecular weight is 378 g/mol. The summed E-state index contributed by atoms with van der Waals surface area (Å²) in [6, 6.07) is 1.95. The number of halogens is 2. The molecule has 0 saturated carbocycles. The molecule has 0 unspecified atom stereocenters. The minimum Gasteiger partial charge on any atom is -0.305 e. The lowest BCUT2D eigenvalue weighted by Crippen LogP contribution is -2.13. The summed E-state index contributed by atoms with van der Waals surface area (Å²) in [5.41, 5.74) is 0.693. The number of thiophene rings is 1. The third kappa shape index (κ3) is 2.86. The Labute approximate surface area is 120 Å². The van der Waals surface area contributed by atoms with Crippen molar-refractivity contribution in [3.05, 3.63) is 36.4 Å². The van der Waals surface area contributed by atoms with E-state index in [1.54, 1.807) is 11.3 Å². The molecule has 0 radical (unpaired) electrons. The summed E-state index contributed by atoms with van der Waals surface area (Å²) in [5.74, 6) is 0.636. The fourth-order valence-electron chi connectivity index (χ4n) is 1.46. The molecule has 1 N–H and O–H groups in total. The first kappa shape index (κ1) is 13.0. The van der Waals surface area contributed by atoms with E-state index in [-0.39, 0.29) is 5.56 Å². The van der Waals surface area contributed by atoms with Gasteiger partial charge in [0, 0.05) is 9.85 Å². The van der Waals surface area contributed by atoms with Crippen LogP contribution in [0.4, 0.5) is 0 Å². The van der Waals surface area contributed by atoms with Gasteiger partial charge in [0.25, 0.3) is 5.56 Å². The molecule has 0 atom stereocenters. The Hall–Kier alpha value is -0.460. The van der Waals surface area contributed by atoms with E-state index in [4.69, 9.17) is 0 Å². The van der Waals surface area contributed by atoms with Crippen LogP contribution in [-0.4, -0.2) is 9.97 Å². The van der Waals surface area contributed by atoms with Gasteiger partial charge in [0.05, 0.1) is 10.6 Å². The van der Waals surface area contributed by atoms with Gasteiger partial charge in [-0.3, -0.25) is 4.79 Å². The number of H-pyrrole nitrogens is 1. The Morgan fingerprint density at radius 1 is 1.47 bits per heavy atom. The number of aromatic amines is 1. The van der Waals surface area contributed by atoms with Crippen LogP contribution in [0.15, 0.2) is 25.2 Å². The Kier molecular flexibility index (Phi) is 4.17. The summed E-state index contributed by atoms with van der Waals surface area (Å²) < 4.78 is 1.54. The molecule has 0 spiro atoms. The van der Waals surface area contributed by atoms with Gasteiger partial charge in [-0.1, -0.05) is 13.3 Å². The van der Waals surface area contributed by atoms with Crippen molar-refractivity contribution in [3.8, 4) is 10.7 Å². The first-order valence-corrected chi connectivity index (χ1v) is 7.61. The van der Waals surface area contributed by atoms with Crippen molar-refractivity contribution in [2.75, 3.05) is 0 Å². The molecule has 2 heterocycles. The maximum absolute atomic E-state index is 11.8. The Balaban J connectivity index is 2.52. The Morgan fingerprint density at radius 3 is 2.82 bits per heavy atom. The zero-order chi connectivity index (χ0) is 12.4. The van der Waals surface area contributed by atoms with Crippen LogP contribution in [0.3, 0.4) is 0 Å². The molecular formula is C11H10Br2N2OS. The fourth-order valence-corrected chi connectivity index (χ4v) is 3.22. The highest BCUT2D eigenvalue weighted by molar-refractivity contribution is 9.10. The van der Waals surface area contributed by atoms with Gasteiger partial charge in [0.2, 0.25) is 0 Å². The van der Waals surface area contributed by atoms with Crippen molar-refractivity contribution in [1.29, 1.82) is 0 Å². The van der Waals surface area contributed by atoms with E-state index in [2.05, 4.69) is 48.8 Å². The molecule has 0 amide bonds. The van der Waals surface area contributed by atoms with Gasteiger partial charge in [0.1, 0.15) is 4.47 Å². The van der Waals surface area contributed by atoms with E-state index in [1.807, 2.05) is 11.4 Å². The minimum atomic E-state index is -0.122. The first-order valence-electron chi connectivity index (χ1n) is 5.15. The highest BCUT2D eigenvalue weighted by Gasteiger charge is 2.10. The monoisotopic (exact) mass is 376 g/mol. The smallest absolute Gasteiger partial charge is 0.265 e. The molecule has 2 aromatic rings. The summed E-state index contributed by atoms with van der Waals surface area (Å²) in [6.07, 6.45) is 1.76. The summed E-state index contributed by atoms with van der Waals surface area (Å²) in [7, 11) is 0. The van der Waals surface area contributed by atoms with E-state index in [9.17, 15) is 4.79 Å². The van der Waals surface area contributed by atoms with Gasteiger partial charge in [-0.15, -0.1) is 11.3 Å². The minimum absolute atomic E-state index is 0.122. The number of hydrogen-bond donors (Lipinski definition) is 1. The SMILES string of the molecule is CCCc1nc(-c2cc(Br)cs2)[nH]c(=O)c1Br. The topological polar surface area (TPSA) is 45.8 Å². The lowest BCUT2D eigenvalue weighted by molar-refractivity contribution is 0.862. The van der Waals surface area contributed by atoms with Gasteiger partial charge >= 0.3 is 0 Å². The average Bonchev–Trinajstić information content (AvgIpc) is 2.71. The van der Waals surface area contributed by atoms with Crippen LogP contribution in [-0.2, 0) is 6.42 Å². The van der Waals surface area contributed by atoms with Gasteiger partial charge in [-0.2, -0.15) is 0 Å². The zero-order valence-electron chi connectivity index (χ0n) is 9.09. The number of aromatic nitrogens is 2. The Bertz CT molecular complexity index is 591. The number of hydrogen-bond acceptors (Lipinski definition) is 3. The van der Waals surface area contributed by atoms with Gasteiger partial charge in [-0.25, -0.2) is 4.98 Å². The van der Waals surface area contributed by atoms with E-state index < -0.39 is 0 Å². The molecule has 0 aliphatic rings. The van der Waals surface area contributed by atoms with Crippen molar-refractivity contribution in [2.45, 2.75) is 19.8 Å². The van der Waals surface area contributed by atoms with Crippen LogP contribution in [0.2, 0.25) is 0 Å². The van der Waals surface area contributed by atoms with Gasteiger partial charge < -0.3 is 4.98 Å². The molecule has 0 aliphatic heterocycles. The third-order valence-corrected chi connectivity index (χ3v) is 4.73. The fraction of sp³-hybridized carbons (Fsp3) is 0.273. The molecule has 90 valence electrons. The lowest BCUT2D eigenvalue weighted by atomic mass is 10.2. The van der Waals surface area contributed by atoms with Crippen LogP contribution in [0.25, 0.3) is 10.7 Å². The summed E-state index contributed by atoms with van der Waals surface area (Å²) in [4.78, 5) is 20.0. The maximum atomic E-state index is 11.8. The van der Waals surface area contributed by atoms with Crippen LogP contribution in [0.5, 0.6) is 0 Å². The van der Waals surface area contributed by atoms with Gasteiger partial charge in [0.15, 0.2) is 5.82 Å². The number of aryl methyl sites for hydroxylation is 1. The predicted molar refractivity (Wildman–Crippen MR) is 77.6 cm³/mol. The summed E-state index contributed by atoms with van der Waals surface area (Å²) in [6.45, 7) is 2.07. The Morgan fingerprint density at radius 2 is 2.24 bits per heavy atom. The number of nitrogens with one attached hydrogen (secondary N) is 1. The van der Waals surface area contributed by atoms with Crippen molar-refractivity contribution in [2.24, 2.45) is 0 Å². The standard InChI is InChI=1S/C11H10Br2N2OS/c1-2-3-7-9(13)11(16)15-10(14-7)8-4-6(12)5-17-8/h4-5H,2-3H2,1H3,(H,14,15,16). The van der Waals surface area contributed by atoms with Crippen LogP contribution < -0.4 is 5.56 Å². The molecule has 2 rings (SSSR count). The van der Waals surface area contributed by atoms with E-state index >= 15 is 0 Å². The molecule has 2 aromatic heterocycles. The number of nitrogens with zero attached hydrogens (tertiary/aromatic N) is 1. The second-order valence-electron chi connectivity index (χ2n) is 3.55. The van der Waals surface area contributed by atoms with E-state index in [0.717, 1.165) is 27.9 Å². The third-order valence-electron chi connectivity index (χ3n) is 2.22. The molecule has 6 heteroatoms. The first-order chi connectivity index (χ1) is 8.11. The number of rotatable bonds is 3. The second-order valence-corrected chi connectivity index (χ2v) is 6.17. The highest BCUT2D eigenvalue weighted by atomic mass is 79.9. The van der Waals surface area contributed by atoms with Crippen LogP contribution in [0.1, 0.15) is 19.0 Å². The molecule has 3 nitrogen and oxygen atoms in total. The molecule has 0 saturated heterocycles. The normalized spacial score (nSPS) is 10.8. The van der Waals surface area contributed by atoms with Crippen molar-refractivity contribution >= 4 is 43.2 Å². The van der Waals surface area contributed by atoms with Gasteiger partial charge in [-0.05, 0) is 44.3 Å². The molecule has 0 bridgehead atoms. The molecule has 0 aliphatic carbocycles. The predicted octanol–water partition coefficient (Wildman–Crippen LogP) is 3.98. The van der Waals surface area contributed by atoms with E-state index in [0.29, 0.717) is 10.3 Å². The highest BCUT2D eigenvalue weighted by Crippen LogP contribution is 2.27. The molecule has 0 fully saturated rings. The maximum Gasteiger partial charge on any atom is 0.265 e. The molecule has 0 aromatic carbocycles. The zero-order valence-corrected chi connectivity index (χ0v) is 13.1. The van der Waals surface area contributed by atoms with E-state index in [1.165, 1.54) is 0 Å². The lowest BCUT2D eigenvalue weighted by Gasteiger charge is -2.03. The largest absolute Gasteiger partial charge is 0.305 e. The van der Waals surface area contributed by atoms with Crippen molar-refractivity contribution < 1.29 is 0 Å². The van der Waals surface area contributed by atoms with Crippen molar-refractivity contribution in [3.63, 3.8) is 0 Å². The molecular weight excluding hydrogens is 368 g/mol. The van der Waals surface area contributed by atoms with Crippen molar-refractivity contribution in [1.82, 2.24) is 9.97 Å². The summed E-state index contributed by atoms with van der Waals surface area (Å²) >= 11 is 8.22. The molecule has 17 heavy (non-hydrogen) atoms. The summed E-state index contributed by atoms with van der Waals surface area (Å²) in [5, 5.41) is 1.97.